The van der Waals surface area contributed by atoms with Gasteiger partial charge in [0, 0.05) is 24.7 Å². The van der Waals surface area contributed by atoms with Crippen LogP contribution in [0.3, 0.4) is 0 Å². The van der Waals surface area contributed by atoms with E-state index in [1.165, 1.54) is 0 Å². The SMILES string of the molecule is Cc1cccc(N2C[C@H](C(=O)N[C@H](C)CC(=O)O)CC2=O)c1C. The van der Waals surface area contributed by atoms with Crippen molar-refractivity contribution in [3.05, 3.63) is 29.3 Å². The molecule has 1 heterocycles. The van der Waals surface area contributed by atoms with Crippen LogP contribution in [0.1, 0.15) is 30.9 Å². The van der Waals surface area contributed by atoms with E-state index in [0.29, 0.717) is 6.54 Å². The molecule has 1 aromatic carbocycles. The van der Waals surface area contributed by atoms with Gasteiger partial charge in [0.2, 0.25) is 11.8 Å². The minimum atomic E-state index is -0.961. The van der Waals surface area contributed by atoms with Crippen molar-refractivity contribution in [2.24, 2.45) is 5.92 Å². The number of nitrogens with one attached hydrogen (secondary N) is 1. The molecule has 23 heavy (non-hydrogen) atoms. The van der Waals surface area contributed by atoms with Crippen molar-refractivity contribution >= 4 is 23.5 Å². The van der Waals surface area contributed by atoms with Crippen LogP contribution in [-0.4, -0.2) is 35.5 Å². The summed E-state index contributed by atoms with van der Waals surface area (Å²) in [5, 5.41) is 11.4. The molecule has 124 valence electrons. The van der Waals surface area contributed by atoms with Gasteiger partial charge >= 0.3 is 5.97 Å². The number of hydrogen-bond acceptors (Lipinski definition) is 3. The summed E-state index contributed by atoms with van der Waals surface area (Å²) in [4.78, 5) is 36.8. The van der Waals surface area contributed by atoms with Gasteiger partial charge in [-0.1, -0.05) is 12.1 Å². The second-order valence-corrected chi connectivity index (χ2v) is 6.13. The lowest BCUT2D eigenvalue weighted by atomic mass is 10.1. The Labute approximate surface area is 135 Å². The van der Waals surface area contributed by atoms with E-state index in [2.05, 4.69) is 5.32 Å². The first-order valence-electron chi connectivity index (χ1n) is 7.68. The Balaban J connectivity index is 2.06. The molecule has 1 fully saturated rings. The van der Waals surface area contributed by atoms with Crippen molar-refractivity contribution in [2.75, 3.05) is 11.4 Å². The number of benzene rings is 1. The summed E-state index contributed by atoms with van der Waals surface area (Å²) in [5.74, 6) is -1.75. The van der Waals surface area contributed by atoms with E-state index < -0.39 is 17.9 Å². The van der Waals surface area contributed by atoms with Crippen molar-refractivity contribution in [1.82, 2.24) is 5.32 Å². The van der Waals surface area contributed by atoms with E-state index in [-0.39, 0.29) is 24.7 Å². The van der Waals surface area contributed by atoms with Crippen LogP contribution in [0.25, 0.3) is 0 Å². The Morgan fingerprint density at radius 2 is 2.09 bits per heavy atom. The molecule has 0 radical (unpaired) electrons. The molecule has 0 spiro atoms. The van der Waals surface area contributed by atoms with E-state index in [9.17, 15) is 14.4 Å². The summed E-state index contributed by atoms with van der Waals surface area (Å²) < 4.78 is 0. The number of hydrogen-bond donors (Lipinski definition) is 2. The molecular weight excluding hydrogens is 296 g/mol. The van der Waals surface area contributed by atoms with E-state index >= 15 is 0 Å². The predicted octanol–water partition coefficient (Wildman–Crippen LogP) is 1.64. The van der Waals surface area contributed by atoms with Gasteiger partial charge in [-0.05, 0) is 38.0 Å². The number of carbonyl (C=O) groups excluding carboxylic acids is 2. The number of rotatable bonds is 5. The first-order valence-corrected chi connectivity index (χ1v) is 7.68. The highest BCUT2D eigenvalue weighted by molar-refractivity contribution is 6.01. The highest BCUT2D eigenvalue weighted by Gasteiger charge is 2.36. The molecule has 1 saturated heterocycles. The number of anilines is 1. The topological polar surface area (TPSA) is 86.7 Å². The van der Waals surface area contributed by atoms with E-state index in [1.54, 1.807) is 11.8 Å². The summed E-state index contributed by atoms with van der Waals surface area (Å²) >= 11 is 0. The summed E-state index contributed by atoms with van der Waals surface area (Å²) in [5.41, 5.74) is 2.96. The Bertz CT molecular complexity index is 641. The maximum atomic E-state index is 12.3. The number of carboxylic acids is 1. The van der Waals surface area contributed by atoms with Gasteiger partial charge in [-0.25, -0.2) is 0 Å². The lowest BCUT2D eigenvalue weighted by Crippen LogP contribution is -2.39. The fourth-order valence-electron chi connectivity index (χ4n) is 2.82. The quantitative estimate of drug-likeness (QED) is 0.864. The molecule has 1 aliphatic heterocycles. The Hall–Kier alpha value is -2.37. The third kappa shape index (κ3) is 3.88. The molecule has 1 aliphatic rings. The zero-order valence-electron chi connectivity index (χ0n) is 13.6. The normalized spacial score (nSPS) is 18.8. The van der Waals surface area contributed by atoms with Gasteiger partial charge in [0.1, 0.15) is 0 Å². The number of aliphatic carboxylic acids is 1. The van der Waals surface area contributed by atoms with Crippen molar-refractivity contribution in [1.29, 1.82) is 0 Å². The van der Waals surface area contributed by atoms with Crippen LogP contribution in [-0.2, 0) is 14.4 Å². The number of carbonyl (C=O) groups is 3. The monoisotopic (exact) mass is 318 g/mol. The third-order valence-corrected chi connectivity index (χ3v) is 4.23. The minimum absolute atomic E-state index is 0.0789. The Morgan fingerprint density at radius 3 is 2.74 bits per heavy atom. The molecule has 2 rings (SSSR count). The van der Waals surface area contributed by atoms with Crippen molar-refractivity contribution < 1.29 is 19.5 Å². The number of nitrogens with zero attached hydrogens (tertiary/aromatic N) is 1. The summed E-state index contributed by atoms with van der Waals surface area (Å²) in [7, 11) is 0. The average molecular weight is 318 g/mol. The van der Waals surface area contributed by atoms with Crippen LogP contribution in [0, 0.1) is 19.8 Å². The van der Waals surface area contributed by atoms with E-state index in [1.807, 2.05) is 32.0 Å². The van der Waals surface area contributed by atoms with Crippen molar-refractivity contribution in [3.63, 3.8) is 0 Å². The fourth-order valence-corrected chi connectivity index (χ4v) is 2.82. The molecule has 0 aliphatic carbocycles. The maximum Gasteiger partial charge on any atom is 0.305 e. The molecular formula is C17H22N2O4. The van der Waals surface area contributed by atoms with Crippen LogP contribution in [0.2, 0.25) is 0 Å². The van der Waals surface area contributed by atoms with Gasteiger partial charge in [-0.2, -0.15) is 0 Å². The predicted molar refractivity (Wildman–Crippen MR) is 86.2 cm³/mol. The van der Waals surface area contributed by atoms with Crippen molar-refractivity contribution in [2.45, 2.75) is 39.7 Å². The van der Waals surface area contributed by atoms with Crippen LogP contribution in [0.15, 0.2) is 18.2 Å². The Kier molecular flexibility index (Phi) is 5.03. The van der Waals surface area contributed by atoms with Crippen LogP contribution in [0.4, 0.5) is 5.69 Å². The molecule has 2 atom stereocenters. The van der Waals surface area contributed by atoms with Gasteiger partial charge in [0.15, 0.2) is 0 Å². The van der Waals surface area contributed by atoms with Gasteiger partial charge in [0.25, 0.3) is 0 Å². The van der Waals surface area contributed by atoms with Gasteiger partial charge in [-0.3, -0.25) is 14.4 Å². The maximum absolute atomic E-state index is 12.3. The molecule has 1 aromatic rings. The largest absolute Gasteiger partial charge is 0.481 e. The average Bonchev–Trinajstić information content (AvgIpc) is 2.83. The standard InChI is InChI=1S/C17H22N2O4/c1-10-5-4-6-14(12(10)3)19-9-13(8-15(19)20)17(23)18-11(2)7-16(21)22/h4-6,11,13H,7-9H2,1-3H3,(H,18,23)(H,21,22)/t11-,13-/m1/s1. The second kappa shape index (κ2) is 6.81. The van der Waals surface area contributed by atoms with Crippen LogP contribution < -0.4 is 10.2 Å². The van der Waals surface area contributed by atoms with Gasteiger partial charge in [-0.15, -0.1) is 0 Å². The molecule has 0 unspecified atom stereocenters. The second-order valence-electron chi connectivity index (χ2n) is 6.13. The molecule has 2 amide bonds. The summed E-state index contributed by atoms with van der Waals surface area (Å²) in [6, 6.07) is 5.31. The van der Waals surface area contributed by atoms with E-state index in [0.717, 1.165) is 16.8 Å². The molecule has 6 nitrogen and oxygen atoms in total. The number of amides is 2. The molecule has 2 N–H and O–H groups in total. The molecule has 0 saturated carbocycles. The minimum Gasteiger partial charge on any atom is -0.481 e. The van der Waals surface area contributed by atoms with Crippen molar-refractivity contribution in [3.8, 4) is 0 Å². The molecule has 6 heteroatoms. The lowest BCUT2D eigenvalue weighted by molar-refractivity contribution is -0.137. The zero-order chi connectivity index (χ0) is 17.1. The molecule has 0 aromatic heterocycles. The highest BCUT2D eigenvalue weighted by Crippen LogP contribution is 2.29. The third-order valence-electron chi connectivity index (χ3n) is 4.23. The fraction of sp³-hybridized carbons (Fsp3) is 0.471. The smallest absolute Gasteiger partial charge is 0.305 e. The van der Waals surface area contributed by atoms with E-state index in [4.69, 9.17) is 5.11 Å². The molecule has 0 bridgehead atoms. The highest BCUT2D eigenvalue weighted by atomic mass is 16.4. The van der Waals surface area contributed by atoms with Crippen LogP contribution in [0.5, 0.6) is 0 Å². The summed E-state index contributed by atoms with van der Waals surface area (Å²) in [6.45, 7) is 5.91. The van der Waals surface area contributed by atoms with Gasteiger partial charge < -0.3 is 15.3 Å². The van der Waals surface area contributed by atoms with Gasteiger partial charge in [0.05, 0.1) is 12.3 Å². The summed E-state index contributed by atoms with van der Waals surface area (Å²) in [6.07, 6.45) is 0.0200. The lowest BCUT2D eigenvalue weighted by Gasteiger charge is -2.20. The number of aryl methyl sites for hydroxylation is 1. The number of carboxylic acid groups (broad SMARTS) is 1. The zero-order valence-corrected chi connectivity index (χ0v) is 13.6. The first-order chi connectivity index (χ1) is 10.8. The Morgan fingerprint density at radius 1 is 1.39 bits per heavy atom. The first kappa shape index (κ1) is 17.0. The van der Waals surface area contributed by atoms with Crippen LogP contribution >= 0.6 is 0 Å².